The highest BCUT2D eigenvalue weighted by atomic mass is 16.5. The van der Waals surface area contributed by atoms with Crippen LogP contribution in [0.3, 0.4) is 0 Å². The van der Waals surface area contributed by atoms with Gasteiger partial charge in [-0.05, 0) is 5.21 Å². The third-order valence-electron chi connectivity index (χ3n) is 2.35. The molecule has 2 heterocycles. The Hall–Kier alpha value is -1.99. The molecular weight excluding hydrogens is 224 g/mol. The minimum atomic E-state index is -0.554. The normalized spacial score (nSPS) is 13.2. The number of aromatic nitrogens is 6. The molecule has 1 atom stereocenters. The number of nitrogens with zero attached hydrogens (tertiary/aromatic N) is 5. The molecule has 0 aliphatic rings. The fourth-order valence-corrected chi connectivity index (χ4v) is 1.35. The smallest absolute Gasteiger partial charge is 0.296 e. The Bertz CT molecular complexity index is 539. The molecule has 0 fully saturated rings. The maximum absolute atomic E-state index is 10.8. The summed E-state index contributed by atoms with van der Waals surface area (Å²) in [5, 5.41) is 15.7. The Balaban J connectivity index is 2.07. The third-order valence-corrected chi connectivity index (χ3v) is 2.35. The lowest BCUT2D eigenvalue weighted by Crippen LogP contribution is -2.12. The summed E-state index contributed by atoms with van der Waals surface area (Å²) in [4.78, 5) is 14.8. The summed E-state index contributed by atoms with van der Waals surface area (Å²) in [5.74, 6) is 0.826. The molecule has 0 spiro atoms. The van der Waals surface area contributed by atoms with Crippen molar-refractivity contribution >= 4 is 0 Å². The molecule has 17 heavy (non-hydrogen) atoms. The summed E-state index contributed by atoms with van der Waals surface area (Å²) in [6.45, 7) is 6.38. The van der Waals surface area contributed by atoms with E-state index in [0.717, 1.165) is 0 Å². The second kappa shape index (κ2) is 4.48. The van der Waals surface area contributed by atoms with Gasteiger partial charge in [-0.3, -0.25) is 9.51 Å². The van der Waals surface area contributed by atoms with E-state index in [9.17, 15) is 4.79 Å². The Labute approximate surface area is 97.0 Å². The monoisotopic (exact) mass is 238 g/mol. The maximum atomic E-state index is 10.8. The molecule has 0 bridgehead atoms. The van der Waals surface area contributed by atoms with Crippen LogP contribution >= 0.6 is 0 Å². The molecule has 8 nitrogen and oxygen atoms in total. The number of hydrogen-bond donors (Lipinski definition) is 1. The zero-order valence-corrected chi connectivity index (χ0v) is 9.91. The zero-order valence-electron chi connectivity index (χ0n) is 9.91. The average molecular weight is 238 g/mol. The predicted octanol–water partition coefficient (Wildman–Crippen LogP) is 0.277. The summed E-state index contributed by atoms with van der Waals surface area (Å²) in [6, 6.07) is 0. The van der Waals surface area contributed by atoms with Crippen molar-refractivity contribution in [2.45, 2.75) is 39.2 Å². The topological polar surface area (TPSA) is 102 Å². The summed E-state index contributed by atoms with van der Waals surface area (Å²) >= 11 is 0. The number of nitrogens with one attached hydrogen (secondary N) is 1. The van der Waals surface area contributed by atoms with E-state index in [1.54, 1.807) is 0 Å². The summed E-state index contributed by atoms with van der Waals surface area (Å²) in [6.07, 6.45) is 0. The predicted molar refractivity (Wildman–Crippen MR) is 57.4 cm³/mol. The van der Waals surface area contributed by atoms with Crippen molar-refractivity contribution in [3.8, 4) is 0 Å². The lowest BCUT2D eigenvalue weighted by molar-refractivity contribution is 0.371. The first-order valence-electron chi connectivity index (χ1n) is 5.40. The van der Waals surface area contributed by atoms with E-state index in [2.05, 4.69) is 30.1 Å². The first-order chi connectivity index (χ1) is 8.06. The first-order valence-corrected chi connectivity index (χ1v) is 5.40. The fraction of sp³-hybridized carbons (Fsp3) is 0.667. The van der Waals surface area contributed by atoms with Crippen LogP contribution in [-0.4, -0.2) is 30.3 Å². The highest BCUT2D eigenvalue weighted by Crippen LogP contribution is 2.11. The lowest BCUT2D eigenvalue weighted by atomic mass is 10.2. The van der Waals surface area contributed by atoms with Crippen LogP contribution in [0.1, 0.15) is 44.3 Å². The molecule has 8 heteroatoms. The van der Waals surface area contributed by atoms with Gasteiger partial charge in [-0.1, -0.05) is 25.9 Å². The number of tetrazole rings is 1. The van der Waals surface area contributed by atoms with E-state index in [1.165, 1.54) is 4.80 Å². The Morgan fingerprint density at radius 2 is 2.18 bits per heavy atom. The van der Waals surface area contributed by atoms with Gasteiger partial charge in [0.2, 0.25) is 0 Å². The number of aromatic amines is 1. The highest BCUT2D eigenvalue weighted by molar-refractivity contribution is 4.89. The molecule has 92 valence electrons. The molecule has 2 aromatic rings. The van der Waals surface area contributed by atoms with E-state index in [1.807, 2.05) is 20.8 Å². The minimum Gasteiger partial charge on any atom is -0.296 e. The highest BCUT2D eigenvalue weighted by Gasteiger charge is 2.14. The van der Waals surface area contributed by atoms with Gasteiger partial charge in [0.15, 0.2) is 11.6 Å². The van der Waals surface area contributed by atoms with Crippen LogP contribution in [0, 0.1) is 0 Å². The lowest BCUT2D eigenvalue weighted by Gasteiger charge is -2.04. The summed E-state index contributed by atoms with van der Waals surface area (Å²) in [5.41, 5.74) is 0. The maximum Gasteiger partial charge on any atom is 0.438 e. The molecule has 1 unspecified atom stereocenters. The van der Waals surface area contributed by atoms with E-state index < -0.39 is 5.76 Å². The Morgan fingerprint density at radius 1 is 1.41 bits per heavy atom. The van der Waals surface area contributed by atoms with Gasteiger partial charge in [-0.2, -0.15) is 4.80 Å². The summed E-state index contributed by atoms with van der Waals surface area (Å²) < 4.78 is 4.44. The van der Waals surface area contributed by atoms with Crippen molar-refractivity contribution in [2.75, 3.05) is 0 Å². The van der Waals surface area contributed by atoms with E-state index in [-0.39, 0.29) is 11.8 Å². The average Bonchev–Trinajstić information content (AvgIpc) is 2.86. The van der Waals surface area contributed by atoms with Gasteiger partial charge >= 0.3 is 5.76 Å². The molecule has 0 saturated heterocycles. The van der Waals surface area contributed by atoms with Crippen LogP contribution in [0.4, 0.5) is 0 Å². The van der Waals surface area contributed by atoms with E-state index >= 15 is 0 Å². The summed E-state index contributed by atoms with van der Waals surface area (Å²) in [7, 11) is 0. The number of H-pyrrole nitrogens is 1. The van der Waals surface area contributed by atoms with Crippen LogP contribution in [0.25, 0.3) is 0 Å². The van der Waals surface area contributed by atoms with Gasteiger partial charge in [-0.25, -0.2) is 4.79 Å². The van der Waals surface area contributed by atoms with Gasteiger partial charge in [-0.15, -0.1) is 10.2 Å². The van der Waals surface area contributed by atoms with Crippen molar-refractivity contribution in [1.82, 2.24) is 30.3 Å². The fourth-order valence-electron chi connectivity index (χ4n) is 1.35. The molecule has 0 aromatic carbocycles. The van der Waals surface area contributed by atoms with Crippen molar-refractivity contribution < 1.29 is 4.52 Å². The molecular formula is C9H14N6O2. The SMILES string of the molecule is CC(C)c1nnn(CC(C)c2noc(=O)[nH]2)n1. The van der Waals surface area contributed by atoms with Gasteiger partial charge in [0.1, 0.15) is 0 Å². The van der Waals surface area contributed by atoms with Crippen molar-refractivity contribution in [1.29, 1.82) is 0 Å². The molecule has 0 aliphatic heterocycles. The van der Waals surface area contributed by atoms with Crippen molar-refractivity contribution in [2.24, 2.45) is 0 Å². The van der Waals surface area contributed by atoms with Crippen molar-refractivity contribution in [3.63, 3.8) is 0 Å². The quantitative estimate of drug-likeness (QED) is 0.820. The molecule has 0 amide bonds. The molecule has 0 radical (unpaired) electrons. The van der Waals surface area contributed by atoms with Crippen LogP contribution in [0.2, 0.25) is 0 Å². The van der Waals surface area contributed by atoms with E-state index in [0.29, 0.717) is 18.2 Å². The Kier molecular flexibility index (Phi) is 3.03. The van der Waals surface area contributed by atoms with Gasteiger partial charge in [0.25, 0.3) is 0 Å². The second-order valence-electron chi connectivity index (χ2n) is 4.24. The zero-order chi connectivity index (χ0) is 12.4. The van der Waals surface area contributed by atoms with Gasteiger partial charge in [0.05, 0.1) is 6.54 Å². The number of hydrogen-bond acceptors (Lipinski definition) is 6. The van der Waals surface area contributed by atoms with Crippen molar-refractivity contribution in [3.05, 3.63) is 22.2 Å². The molecule has 2 rings (SSSR count). The van der Waals surface area contributed by atoms with E-state index in [4.69, 9.17) is 0 Å². The molecule has 0 aliphatic carbocycles. The van der Waals surface area contributed by atoms with Crippen LogP contribution in [0.15, 0.2) is 9.32 Å². The van der Waals surface area contributed by atoms with Gasteiger partial charge in [0, 0.05) is 11.8 Å². The standard InChI is InChI=1S/C9H14N6O2/c1-5(2)7-11-14-15(12-7)4-6(3)8-10-9(16)17-13-8/h5-6H,4H2,1-3H3,(H,10,13,16). The first kappa shape index (κ1) is 11.5. The van der Waals surface area contributed by atoms with Crippen LogP contribution < -0.4 is 5.76 Å². The minimum absolute atomic E-state index is 0.0457. The third kappa shape index (κ3) is 2.58. The van der Waals surface area contributed by atoms with Crippen LogP contribution in [0.5, 0.6) is 0 Å². The van der Waals surface area contributed by atoms with Crippen LogP contribution in [-0.2, 0) is 6.54 Å². The molecule has 2 aromatic heterocycles. The van der Waals surface area contributed by atoms with Gasteiger partial charge < -0.3 is 0 Å². The Morgan fingerprint density at radius 3 is 2.71 bits per heavy atom. The second-order valence-corrected chi connectivity index (χ2v) is 4.24. The molecule has 1 N–H and O–H groups in total. The molecule has 0 saturated carbocycles. The number of rotatable bonds is 4. The largest absolute Gasteiger partial charge is 0.438 e.